The number of hydrogen-bond donors (Lipinski definition) is 1. The molecule has 2 heterocycles. The highest BCUT2D eigenvalue weighted by Gasteiger charge is 2.51. The first kappa shape index (κ1) is 27.5. The van der Waals surface area contributed by atoms with Crippen LogP contribution >= 0.6 is 12.2 Å². The fourth-order valence-corrected chi connectivity index (χ4v) is 6.32. The molecule has 0 radical (unpaired) electrons. The second-order valence-corrected chi connectivity index (χ2v) is 11.4. The number of anilines is 1. The summed E-state index contributed by atoms with van der Waals surface area (Å²) in [5, 5.41) is 9.99. The van der Waals surface area contributed by atoms with Crippen LogP contribution in [-0.4, -0.2) is 61.2 Å². The molecule has 1 aliphatic heterocycles. The molecule has 4 rings (SSSR count). The van der Waals surface area contributed by atoms with Crippen LogP contribution in [0, 0.1) is 0 Å². The first-order valence-corrected chi connectivity index (χ1v) is 13.4. The van der Waals surface area contributed by atoms with Crippen LogP contribution in [0.2, 0.25) is 0 Å². The van der Waals surface area contributed by atoms with E-state index >= 15 is 0 Å². The topological polar surface area (TPSA) is 83.2 Å². The molecule has 2 aromatic rings. The van der Waals surface area contributed by atoms with E-state index in [0.29, 0.717) is 29.7 Å². The van der Waals surface area contributed by atoms with Gasteiger partial charge in [0.15, 0.2) is 5.60 Å². The number of allylic oxidation sites excluding steroid dienone is 4. The molecule has 1 aromatic heterocycles. The molecule has 1 aliphatic carbocycles. The standard InChI is InChI=1S/C25H27F3N2O5S2/c1-24(31,25(26,27)28)18-8-10-19(11-9-18)30-13-12-29(37(32,33)23-7-3-2-6-22(23)36)15-20(30)16-34-17-21-5-4-14-35-21/h2-5,7-11,14,20,31H,6,12-13,15-17H2,1H3/t20-,24+/m1/s1. The summed E-state index contributed by atoms with van der Waals surface area (Å²) in [7, 11) is -3.84. The van der Waals surface area contributed by atoms with Crippen LogP contribution in [0.1, 0.15) is 24.7 Å². The minimum Gasteiger partial charge on any atom is -0.467 e. The van der Waals surface area contributed by atoms with Gasteiger partial charge in [-0.2, -0.15) is 17.5 Å². The number of benzene rings is 1. The molecule has 200 valence electrons. The Balaban J connectivity index is 1.56. The lowest BCUT2D eigenvalue weighted by atomic mass is 9.95. The lowest BCUT2D eigenvalue weighted by Gasteiger charge is -2.42. The fraction of sp³-hybridized carbons (Fsp3) is 0.400. The summed E-state index contributed by atoms with van der Waals surface area (Å²) in [6.07, 6.45) is 2.03. The van der Waals surface area contributed by atoms with Crippen molar-refractivity contribution in [1.29, 1.82) is 0 Å². The van der Waals surface area contributed by atoms with Crippen molar-refractivity contribution >= 4 is 32.8 Å². The molecule has 0 spiro atoms. The summed E-state index contributed by atoms with van der Waals surface area (Å²) in [6, 6.07) is 8.47. The number of nitrogens with zero attached hydrogens (tertiary/aromatic N) is 2. The Morgan fingerprint density at radius 1 is 1.19 bits per heavy atom. The van der Waals surface area contributed by atoms with E-state index in [1.807, 2.05) is 4.90 Å². The predicted molar refractivity (Wildman–Crippen MR) is 136 cm³/mol. The van der Waals surface area contributed by atoms with Gasteiger partial charge in [-0.25, -0.2) is 8.42 Å². The molecular weight excluding hydrogens is 529 g/mol. The van der Waals surface area contributed by atoms with E-state index in [-0.39, 0.29) is 43.3 Å². The van der Waals surface area contributed by atoms with E-state index in [1.54, 1.807) is 24.3 Å². The van der Waals surface area contributed by atoms with Crippen LogP contribution in [0.5, 0.6) is 0 Å². The molecule has 0 unspecified atom stereocenters. The van der Waals surface area contributed by atoms with Crippen molar-refractivity contribution in [3.05, 3.63) is 77.1 Å². The molecule has 0 bridgehead atoms. The number of thiocarbonyl (C=S) groups is 1. The average molecular weight is 557 g/mol. The number of sulfonamides is 1. The quantitative estimate of drug-likeness (QED) is 0.486. The van der Waals surface area contributed by atoms with Gasteiger partial charge in [0.1, 0.15) is 12.4 Å². The zero-order chi connectivity index (χ0) is 26.8. The average Bonchev–Trinajstić information content (AvgIpc) is 3.37. The highest BCUT2D eigenvalue weighted by molar-refractivity contribution is 7.96. The Labute approximate surface area is 218 Å². The number of piperazine rings is 1. The van der Waals surface area contributed by atoms with E-state index in [2.05, 4.69) is 0 Å². The Hall–Kier alpha value is -2.51. The molecule has 1 N–H and O–H groups in total. The predicted octanol–water partition coefficient (Wildman–Crippen LogP) is 4.30. The van der Waals surface area contributed by atoms with E-state index in [9.17, 15) is 26.7 Å². The Morgan fingerprint density at radius 2 is 1.92 bits per heavy atom. The number of alkyl halides is 3. The summed E-state index contributed by atoms with van der Waals surface area (Å²) >= 11 is 5.29. The summed E-state index contributed by atoms with van der Waals surface area (Å²) in [5.74, 6) is 0.607. The van der Waals surface area contributed by atoms with Crippen molar-refractivity contribution in [1.82, 2.24) is 4.31 Å². The van der Waals surface area contributed by atoms with Crippen LogP contribution in [0.3, 0.4) is 0 Å². The molecule has 12 heteroatoms. The largest absolute Gasteiger partial charge is 0.467 e. The second-order valence-electron chi connectivity index (χ2n) is 9.01. The van der Waals surface area contributed by atoms with E-state index in [1.165, 1.54) is 40.9 Å². The number of halogens is 3. The zero-order valence-corrected chi connectivity index (χ0v) is 21.7. The highest BCUT2D eigenvalue weighted by Crippen LogP contribution is 2.39. The van der Waals surface area contributed by atoms with Gasteiger partial charge in [-0.15, -0.1) is 0 Å². The van der Waals surface area contributed by atoms with E-state index in [4.69, 9.17) is 21.4 Å². The minimum atomic E-state index is -4.83. The van der Waals surface area contributed by atoms with Gasteiger partial charge in [0, 0.05) is 36.6 Å². The molecule has 2 atom stereocenters. The van der Waals surface area contributed by atoms with Crippen molar-refractivity contribution in [2.75, 3.05) is 31.1 Å². The van der Waals surface area contributed by atoms with Crippen LogP contribution in [0.15, 0.2) is 70.2 Å². The van der Waals surface area contributed by atoms with Gasteiger partial charge in [-0.05, 0) is 42.8 Å². The monoisotopic (exact) mass is 556 g/mol. The molecule has 1 saturated heterocycles. The molecule has 2 aliphatic rings. The third kappa shape index (κ3) is 5.83. The SMILES string of the molecule is C[C@](O)(c1ccc(N2CCN(S(=O)(=O)C3=CC=CCC3=S)C[C@@H]2COCc2ccco2)cc1)C(F)(F)F. The van der Waals surface area contributed by atoms with Crippen LogP contribution in [-0.2, 0) is 27.0 Å². The minimum absolute atomic E-state index is 0.0895. The van der Waals surface area contributed by atoms with Crippen LogP contribution < -0.4 is 4.90 Å². The number of furan rings is 1. The van der Waals surface area contributed by atoms with Gasteiger partial charge in [-0.1, -0.05) is 36.5 Å². The van der Waals surface area contributed by atoms with Crippen molar-refractivity contribution in [3.63, 3.8) is 0 Å². The normalized spacial score (nSPS) is 21.1. The molecule has 37 heavy (non-hydrogen) atoms. The Kier molecular flexibility index (Phi) is 7.96. The number of hydrogen-bond acceptors (Lipinski definition) is 7. The van der Waals surface area contributed by atoms with Gasteiger partial charge >= 0.3 is 6.18 Å². The zero-order valence-electron chi connectivity index (χ0n) is 20.0. The summed E-state index contributed by atoms with van der Waals surface area (Å²) in [5.41, 5.74) is -2.70. The second kappa shape index (κ2) is 10.7. The van der Waals surface area contributed by atoms with Gasteiger partial charge in [0.05, 0.1) is 23.8 Å². The molecular formula is C25H27F3N2O5S2. The van der Waals surface area contributed by atoms with E-state index < -0.39 is 27.8 Å². The fourth-order valence-electron chi connectivity index (χ4n) is 4.25. The first-order valence-electron chi connectivity index (χ1n) is 11.6. The summed E-state index contributed by atoms with van der Waals surface area (Å²) < 4.78 is 79.0. The van der Waals surface area contributed by atoms with Crippen LogP contribution in [0.4, 0.5) is 18.9 Å². The smallest absolute Gasteiger partial charge is 0.421 e. The molecule has 7 nitrogen and oxygen atoms in total. The summed E-state index contributed by atoms with van der Waals surface area (Å²) in [4.78, 5) is 2.35. The Bertz CT molecular complexity index is 1270. The van der Waals surface area contributed by atoms with E-state index in [0.717, 1.165) is 0 Å². The van der Waals surface area contributed by atoms with Crippen LogP contribution in [0.25, 0.3) is 0 Å². The van der Waals surface area contributed by atoms with Gasteiger partial charge < -0.3 is 19.2 Å². The first-order chi connectivity index (χ1) is 17.4. The summed E-state index contributed by atoms with van der Waals surface area (Å²) in [6.45, 7) is 1.54. The third-order valence-corrected chi connectivity index (χ3v) is 8.94. The Morgan fingerprint density at radius 3 is 2.54 bits per heavy atom. The lowest BCUT2D eigenvalue weighted by Crippen LogP contribution is -2.57. The molecule has 1 aromatic carbocycles. The van der Waals surface area contributed by atoms with Gasteiger partial charge in [-0.3, -0.25) is 0 Å². The lowest BCUT2D eigenvalue weighted by molar-refractivity contribution is -0.258. The van der Waals surface area contributed by atoms with Gasteiger partial charge in [0.25, 0.3) is 0 Å². The third-order valence-electron chi connectivity index (χ3n) is 6.47. The maximum Gasteiger partial charge on any atom is 0.421 e. The maximum absolute atomic E-state index is 13.4. The number of rotatable bonds is 8. The highest BCUT2D eigenvalue weighted by atomic mass is 32.2. The van der Waals surface area contributed by atoms with Crippen molar-refractivity contribution in [3.8, 4) is 0 Å². The molecule has 0 saturated carbocycles. The molecule has 0 amide bonds. The van der Waals surface area contributed by atoms with Crippen molar-refractivity contribution in [2.45, 2.75) is 37.8 Å². The van der Waals surface area contributed by atoms with Gasteiger partial charge in [0.2, 0.25) is 10.0 Å². The number of aliphatic hydroxyl groups is 1. The van der Waals surface area contributed by atoms with Crippen molar-refractivity contribution < 1.29 is 35.8 Å². The molecule has 1 fully saturated rings. The van der Waals surface area contributed by atoms with Crippen molar-refractivity contribution in [2.24, 2.45) is 0 Å². The number of ether oxygens (including phenoxy) is 1. The maximum atomic E-state index is 13.4.